The molecule has 1 amide bonds. The lowest BCUT2D eigenvalue weighted by Gasteiger charge is -2.17. The van der Waals surface area contributed by atoms with Crippen LogP contribution in [0.1, 0.15) is 36.4 Å². The van der Waals surface area contributed by atoms with Crippen molar-refractivity contribution in [3.63, 3.8) is 0 Å². The number of fused-ring (bicyclic) bond motifs is 1. The summed E-state index contributed by atoms with van der Waals surface area (Å²) in [7, 11) is 0. The Labute approximate surface area is 133 Å². The van der Waals surface area contributed by atoms with E-state index >= 15 is 0 Å². The van der Waals surface area contributed by atoms with Crippen LogP contribution in [-0.4, -0.2) is 21.2 Å². The zero-order valence-corrected chi connectivity index (χ0v) is 12.7. The van der Waals surface area contributed by atoms with Gasteiger partial charge >= 0.3 is 6.09 Å². The zero-order chi connectivity index (χ0) is 15.5. The number of pyridine rings is 2. The first-order valence-corrected chi connectivity index (χ1v) is 7.61. The van der Waals surface area contributed by atoms with Crippen molar-refractivity contribution in [1.82, 2.24) is 15.3 Å². The predicted octanol–water partition coefficient (Wildman–Crippen LogP) is 3.83. The van der Waals surface area contributed by atoms with E-state index in [2.05, 4.69) is 15.3 Å². The number of hydrogen-bond donors (Lipinski definition) is 2. The Bertz CT molecular complexity index is 706. The molecule has 1 aliphatic rings. The lowest BCUT2D eigenvalue weighted by Crippen LogP contribution is -2.27. The zero-order valence-electron chi connectivity index (χ0n) is 11.9. The molecule has 1 unspecified atom stereocenters. The summed E-state index contributed by atoms with van der Waals surface area (Å²) in [6.45, 7) is 0. The molecule has 2 aromatic heterocycles. The highest BCUT2D eigenvalue weighted by atomic mass is 35.5. The van der Waals surface area contributed by atoms with E-state index in [0.717, 1.165) is 48.1 Å². The SMILES string of the molecule is O=C(O)NC1CCCCc2cc(-c3ccnc(Cl)c3)ncc21. The average molecular weight is 318 g/mol. The van der Waals surface area contributed by atoms with Gasteiger partial charge in [0.05, 0.1) is 11.7 Å². The molecule has 0 aliphatic heterocycles. The Morgan fingerprint density at radius 2 is 2.18 bits per heavy atom. The normalized spacial score (nSPS) is 17.4. The third kappa shape index (κ3) is 3.20. The van der Waals surface area contributed by atoms with Gasteiger partial charge < -0.3 is 10.4 Å². The first-order valence-electron chi connectivity index (χ1n) is 7.23. The second-order valence-corrected chi connectivity index (χ2v) is 5.77. The number of halogens is 1. The van der Waals surface area contributed by atoms with E-state index in [9.17, 15) is 4.79 Å². The lowest BCUT2D eigenvalue weighted by atomic mass is 9.99. The quantitative estimate of drug-likeness (QED) is 0.652. The van der Waals surface area contributed by atoms with E-state index in [1.54, 1.807) is 18.5 Å². The highest BCUT2D eigenvalue weighted by Gasteiger charge is 2.21. The van der Waals surface area contributed by atoms with E-state index in [1.165, 1.54) is 0 Å². The number of aryl methyl sites for hydroxylation is 1. The Balaban J connectivity index is 1.98. The Morgan fingerprint density at radius 1 is 1.32 bits per heavy atom. The fourth-order valence-electron chi connectivity index (χ4n) is 2.88. The Kier molecular flexibility index (Phi) is 4.24. The van der Waals surface area contributed by atoms with Crippen LogP contribution in [0.2, 0.25) is 5.15 Å². The van der Waals surface area contributed by atoms with Crippen molar-refractivity contribution < 1.29 is 9.90 Å². The Morgan fingerprint density at radius 3 is 2.95 bits per heavy atom. The minimum atomic E-state index is -0.997. The standard InChI is InChI=1S/C16H16ClN3O2/c17-15-8-11(5-6-18-15)14-7-10-3-1-2-4-13(20-16(21)22)12(10)9-19-14/h5-9,13,20H,1-4H2,(H,21,22). The van der Waals surface area contributed by atoms with Gasteiger partial charge in [-0.25, -0.2) is 9.78 Å². The molecule has 0 radical (unpaired) electrons. The molecule has 1 aliphatic carbocycles. The van der Waals surface area contributed by atoms with Gasteiger partial charge in [-0.3, -0.25) is 4.98 Å². The highest BCUT2D eigenvalue weighted by molar-refractivity contribution is 6.29. The molecule has 2 N–H and O–H groups in total. The fraction of sp³-hybridized carbons (Fsp3) is 0.312. The van der Waals surface area contributed by atoms with E-state index in [-0.39, 0.29) is 6.04 Å². The molecule has 0 fully saturated rings. The van der Waals surface area contributed by atoms with Crippen LogP contribution in [0.25, 0.3) is 11.3 Å². The summed E-state index contributed by atoms with van der Waals surface area (Å²) in [6, 6.07) is 5.49. The molecular weight excluding hydrogens is 302 g/mol. The topological polar surface area (TPSA) is 75.1 Å². The van der Waals surface area contributed by atoms with Crippen molar-refractivity contribution in [3.8, 4) is 11.3 Å². The number of nitrogens with one attached hydrogen (secondary N) is 1. The summed E-state index contributed by atoms with van der Waals surface area (Å²) in [5.74, 6) is 0. The van der Waals surface area contributed by atoms with Crippen LogP contribution in [0.4, 0.5) is 4.79 Å². The van der Waals surface area contributed by atoms with Gasteiger partial charge in [0.1, 0.15) is 5.15 Å². The summed E-state index contributed by atoms with van der Waals surface area (Å²) >= 11 is 5.93. The molecule has 1 atom stereocenters. The van der Waals surface area contributed by atoms with Gasteiger partial charge in [0.2, 0.25) is 0 Å². The maximum absolute atomic E-state index is 11.0. The highest BCUT2D eigenvalue weighted by Crippen LogP contribution is 2.31. The van der Waals surface area contributed by atoms with E-state index in [0.29, 0.717) is 5.15 Å². The lowest BCUT2D eigenvalue weighted by molar-refractivity contribution is 0.189. The number of nitrogens with zero attached hydrogens (tertiary/aromatic N) is 2. The van der Waals surface area contributed by atoms with Gasteiger partial charge in [0.15, 0.2) is 0 Å². The van der Waals surface area contributed by atoms with Gasteiger partial charge in [-0.15, -0.1) is 0 Å². The molecule has 2 heterocycles. The largest absolute Gasteiger partial charge is 0.465 e. The van der Waals surface area contributed by atoms with Crippen LogP contribution in [0.5, 0.6) is 0 Å². The van der Waals surface area contributed by atoms with Crippen LogP contribution in [0, 0.1) is 0 Å². The van der Waals surface area contributed by atoms with Crippen molar-refractivity contribution in [2.75, 3.05) is 0 Å². The van der Waals surface area contributed by atoms with E-state index < -0.39 is 6.09 Å². The van der Waals surface area contributed by atoms with Crippen molar-refractivity contribution in [2.45, 2.75) is 31.7 Å². The summed E-state index contributed by atoms with van der Waals surface area (Å²) in [4.78, 5) is 19.4. The molecule has 0 aromatic carbocycles. The van der Waals surface area contributed by atoms with Crippen molar-refractivity contribution >= 4 is 17.7 Å². The van der Waals surface area contributed by atoms with Gasteiger partial charge in [0, 0.05) is 18.0 Å². The van der Waals surface area contributed by atoms with Gasteiger partial charge in [0.25, 0.3) is 0 Å². The molecule has 0 bridgehead atoms. The summed E-state index contributed by atoms with van der Waals surface area (Å²) < 4.78 is 0. The molecule has 3 rings (SSSR count). The monoisotopic (exact) mass is 317 g/mol. The van der Waals surface area contributed by atoms with Gasteiger partial charge in [-0.1, -0.05) is 18.0 Å². The summed E-state index contributed by atoms with van der Waals surface area (Å²) in [6.07, 6.45) is 6.22. The number of amides is 1. The molecule has 22 heavy (non-hydrogen) atoms. The molecule has 0 saturated carbocycles. The minimum Gasteiger partial charge on any atom is -0.465 e. The van der Waals surface area contributed by atoms with Gasteiger partial charge in [-0.05, 0) is 48.6 Å². The molecule has 5 nitrogen and oxygen atoms in total. The summed E-state index contributed by atoms with van der Waals surface area (Å²) in [5, 5.41) is 12.0. The molecule has 114 valence electrons. The van der Waals surface area contributed by atoms with Crippen LogP contribution in [0.3, 0.4) is 0 Å². The molecule has 0 saturated heterocycles. The van der Waals surface area contributed by atoms with Crippen molar-refractivity contribution in [2.24, 2.45) is 0 Å². The third-order valence-electron chi connectivity index (χ3n) is 3.91. The first kappa shape index (κ1) is 14.8. The smallest absolute Gasteiger partial charge is 0.405 e. The van der Waals surface area contributed by atoms with Gasteiger partial charge in [-0.2, -0.15) is 0 Å². The van der Waals surface area contributed by atoms with Crippen molar-refractivity contribution in [1.29, 1.82) is 0 Å². The molecule has 0 spiro atoms. The summed E-state index contributed by atoms with van der Waals surface area (Å²) in [5.41, 5.74) is 3.87. The average Bonchev–Trinajstić information content (AvgIpc) is 2.69. The molecule has 2 aromatic rings. The number of rotatable bonds is 2. The van der Waals surface area contributed by atoms with Crippen LogP contribution in [0.15, 0.2) is 30.6 Å². The van der Waals surface area contributed by atoms with E-state index in [1.807, 2.05) is 12.1 Å². The second kappa shape index (κ2) is 6.32. The van der Waals surface area contributed by atoms with Crippen LogP contribution >= 0.6 is 11.6 Å². The predicted molar refractivity (Wildman–Crippen MR) is 83.9 cm³/mol. The van der Waals surface area contributed by atoms with Crippen LogP contribution < -0.4 is 5.32 Å². The number of carbonyl (C=O) groups is 1. The second-order valence-electron chi connectivity index (χ2n) is 5.38. The first-order chi connectivity index (χ1) is 10.6. The maximum Gasteiger partial charge on any atom is 0.405 e. The minimum absolute atomic E-state index is 0.183. The number of hydrogen-bond acceptors (Lipinski definition) is 3. The Hall–Kier alpha value is -2.14. The molecule has 6 heteroatoms. The fourth-order valence-corrected chi connectivity index (χ4v) is 3.05. The number of aromatic nitrogens is 2. The molecular formula is C16H16ClN3O2. The van der Waals surface area contributed by atoms with E-state index in [4.69, 9.17) is 16.7 Å². The third-order valence-corrected chi connectivity index (χ3v) is 4.12. The van der Waals surface area contributed by atoms with Crippen molar-refractivity contribution in [3.05, 3.63) is 46.9 Å². The van der Waals surface area contributed by atoms with Crippen LogP contribution in [-0.2, 0) is 6.42 Å². The maximum atomic E-state index is 11.0. The number of carboxylic acid groups (broad SMARTS) is 1.